The fraction of sp³-hybridized carbons (Fsp3) is 0.182. The maximum absolute atomic E-state index is 10.7. The van der Waals surface area contributed by atoms with E-state index >= 15 is 0 Å². The van der Waals surface area contributed by atoms with Gasteiger partial charge in [0, 0.05) is 0 Å². The summed E-state index contributed by atoms with van der Waals surface area (Å²) in [4.78, 5) is 10.7. The second-order valence-electron chi connectivity index (χ2n) is 3.47. The molecule has 0 amide bonds. The molecule has 0 aliphatic heterocycles. The average molecular weight is 217 g/mol. The minimum Gasteiger partial charge on any atom is -0.481 e. The predicted molar refractivity (Wildman–Crippen MR) is 56.9 cm³/mol. The highest BCUT2D eigenvalue weighted by atomic mass is 16.4. The van der Waals surface area contributed by atoms with Gasteiger partial charge in [0.15, 0.2) is 0 Å². The summed E-state index contributed by atoms with van der Waals surface area (Å²) in [5.41, 5.74) is 1.80. The molecule has 2 rings (SSSR count). The van der Waals surface area contributed by atoms with Gasteiger partial charge < -0.3 is 9.67 Å². The number of benzene rings is 1. The van der Waals surface area contributed by atoms with Crippen molar-refractivity contribution >= 4 is 5.97 Å². The van der Waals surface area contributed by atoms with Gasteiger partial charge in [-0.3, -0.25) is 4.79 Å². The van der Waals surface area contributed by atoms with Crippen LogP contribution in [0.5, 0.6) is 0 Å². The zero-order valence-corrected chi connectivity index (χ0v) is 8.58. The number of carboxylic acids is 1. The van der Waals surface area contributed by atoms with Crippen LogP contribution >= 0.6 is 0 Å². The van der Waals surface area contributed by atoms with Gasteiger partial charge in [-0.25, -0.2) is 0 Å². The molecule has 1 aromatic heterocycles. The van der Waals surface area contributed by atoms with E-state index < -0.39 is 5.97 Å². The average Bonchev–Trinajstić information content (AvgIpc) is 2.73. The Bertz CT molecular complexity index is 480. The van der Waals surface area contributed by atoms with Crippen molar-refractivity contribution in [1.82, 2.24) is 14.8 Å². The van der Waals surface area contributed by atoms with Crippen molar-refractivity contribution in [2.45, 2.75) is 13.0 Å². The van der Waals surface area contributed by atoms with Crippen LogP contribution in [0, 0.1) is 0 Å². The molecular weight excluding hydrogens is 206 g/mol. The van der Waals surface area contributed by atoms with Crippen molar-refractivity contribution in [3.63, 3.8) is 0 Å². The molecule has 16 heavy (non-hydrogen) atoms. The van der Waals surface area contributed by atoms with Gasteiger partial charge in [0.1, 0.15) is 12.7 Å². The van der Waals surface area contributed by atoms with Crippen molar-refractivity contribution in [2.75, 3.05) is 0 Å². The van der Waals surface area contributed by atoms with Crippen LogP contribution in [0.1, 0.15) is 11.1 Å². The first kappa shape index (κ1) is 10.4. The van der Waals surface area contributed by atoms with Crippen LogP contribution in [0.3, 0.4) is 0 Å². The quantitative estimate of drug-likeness (QED) is 0.828. The minimum atomic E-state index is -0.823. The van der Waals surface area contributed by atoms with Gasteiger partial charge in [-0.15, -0.1) is 10.2 Å². The Morgan fingerprint density at radius 3 is 2.44 bits per heavy atom. The van der Waals surface area contributed by atoms with Crippen LogP contribution in [0.15, 0.2) is 36.9 Å². The molecule has 0 aliphatic rings. The van der Waals surface area contributed by atoms with E-state index in [2.05, 4.69) is 10.2 Å². The summed E-state index contributed by atoms with van der Waals surface area (Å²) >= 11 is 0. The van der Waals surface area contributed by atoms with Crippen LogP contribution in [0.25, 0.3) is 0 Å². The lowest BCUT2D eigenvalue weighted by atomic mass is 10.0. The molecule has 5 heteroatoms. The normalized spacial score (nSPS) is 10.2. The van der Waals surface area contributed by atoms with Crippen molar-refractivity contribution in [3.8, 4) is 0 Å². The molecule has 0 atom stereocenters. The number of carboxylic acid groups (broad SMARTS) is 1. The highest BCUT2D eigenvalue weighted by Crippen LogP contribution is 2.11. The van der Waals surface area contributed by atoms with Gasteiger partial charge in [-0.05, 0) is 11.1 Å². The van der Waals surface area contributed by atoms with Gasteiger partial charge in [-0.1, -0.05) is 24.3 Å². The lowest BCUT2D eigenvalue weighted by Crippen LogP contribution is -2.06. The molecule has 0 spiro atoms. The van der Waals surface area contributed by atoms with E-state index in [1.54, 1.807) is 17.2 Å². The zero-order valence-electron chi connectivity index (χ0n) is 8.58. The summed E-state index contributed by atoms with van der Waals surface area (Å²) in [5.74, 6) is -0.823. The predicted octanol–water partition coefficient (Wildman–Crippen LogP) is 0.954. The molecule has 1 N–H and O–H groups in total. The molecule has 1 aromatic carbocycles. The summed E-state index contributed by atoms with van der Waals surface area (Å²) < 4.78 is 1.81. The number of rotatable bonds is 4. The van der Waals surface area contributed by atoms with E-state index in [0.29, 0.717) is 6.54 Å². The number of carbonyl (C=O) groups is 1. The second kappa shape index (κ2) is 4.57. The van der Waals surface area contributed by atoms with E-state index in [1.165, 1.54) is 0 Å². The molecule has 0 unspecified atom stereocenters. The van der Waals surface area contributed by atoms with Crippen LogP contribution in [-0.4, -0.2) is 25.8 Å². The summed E-state index contributed by atoms with van der Waals surface area (Å²) in [6.45, 7) is 0.594. The molecule has 82 valence electrons. The van der Waals surface area contributed by atoms with Gasteiger partial charge in [-0.2, -0.15) is 0 Å². The Morgan fingerprint density at radius 2 is 1.81 bits per heavy atom. The number of aromatic nitrogens is 3. The van der Waals surface area contributed by atoms with Crippen LogP contribution < -0.4 is 0 Å². The summed E-state index contributed by atoms with van der Waals surface area (Å²) in [7, 11) is 0. The van der Waals surface area contributed by atoms with E-state index in [9.17, 15) is 4.79 Å². The molecule has 1 heterocycles. The SMILES string of the molecule is O=C(O)Cc1ccccc1Cn1cnnc1. The van der Waals surface area contributed by atoms with E-state index in [1.807, 2.05) is 24.3 Å². The molecule has 2 aromatic rings. The van der Waals surface area contributed by atoms with Crippen molar-refractivity contribution in [1.29, 1.82) is 0 Å². The Labute approximate surface area is 92.4 Å². The van der Waals surface area contributed by atoms with Crippen molar-refractivity contribution < 1.29 is 9.90 Å². The lowest BCUT2D eigenvalue weighted by Gasteiger charge is -2.07. The monoisotopic (exact) mass is 217 g/mol. The van der Waals surface area contributed by atoms with Gasteiger partial charge in [0.2, 0.25) is 0 Å². The minimum absolute atomic E-state index is 0.0400. The summed E-state index contributed by atoms with van der Waals surface area (Å²) in [5, 5.41) is 16.2. The van der Waals surface area contributed by atoms with E-state index in [4.69, 9.17) is 5.11 Å². The van der Waals surface area contributed by atoms with Gasteiger partial charge in [0.05, 0.1) is 13.0 Å². The molecule has 0 saturated heterocycles. The molecule has 0 aliphatic carbocycles. The Morgan fingerprint density at radius 1 is 1.19 bits per heavy atom. The topological polar surface area (TPSA) is 68.0 Å². The molecule has 0 bridgehead atoms. The molecule has 0 fully saturated rings. The summed E-state index contributed by atoms with van der Waals surface area (Å²) in [6, 6.07) is 7.48. The molecule has 5 nitrogen and oxygen atoms in total. The number of nitrogens with zero attached hydrogens (tertiary/aromatic N) is 3. The standard InChI is InChI=1S/C11H11N3O2/c15-11(16)5-9-3-1-2-4-10(9)6-14-7-12-13-8-14/h1-4,7-8H,5-6H2,(H,15,16). The molecule has 0 radical (unpaired) electrons. The number of hydrogen-bond donors (Lipinski definition) is 1. The Hall–Kier alpha value is -2.17. The summed E-state index contributed by atoms with van der Waals surface area (Å²) in [6.07, 6.45) is 3.26. The second-order valence-corrected chi connectivity index (χ2v) is 3.47. The third-order valence-corrected chi connectivity index (χ3v) is 2.28. The van der Waals surface area contributed by atoms with Gasteiger partial charge in [0.25, 0.3) is 0 Å². The number of aliphatic carboxylic acids is 1. The van der Waals surface area contributed by atoms with Crippen LogP contribution in [0.4, 0.5) is 0 Å². The van der Waals surface area contributed by atoms with Crippen LogP contribution in [0.2, 0.25) is 0 Å². The van der Waals surface area contributed by atoms with Crippen molar-refractivity contribution in [3.05, 3.63) is 48.0 Å². The zero-order chi connectivity index (χ0) is 11.4. The first-order valence-corrected chi connectivity index (χ1v) is 4.86. The molecular formula is C11H11N3O2. The highest BCUT2D eigenvalue weighted by molar-refractivity contribution is 5.70. The molecule has 0 saturated carbocycles. The number of hydrogen-bond acceptors (Lipinski definition) is 3. The fourth-order valence-corrected chi connectivity index (χ4v) is 1.55. The third-order valence-electron chi connectivity index (χ3n) is 2.28. The van der Waals surface area contributed by atoms with Crippen LogP contribution in [-0.2, 0) is 17.8 Å². The smallest absolute Gasteiger partial charge is 0.307 e. The Balaban J connectivity index is 2.22. The first-order chi connectivity index (χ1) is 7.75. The first-order valence-electron chi connectivity index (χ1n) is 4.86. The maximum Gasteiger partial charge on any atom is 0.307 e. The van der Waals surface area contributed by atoms with E-state index in [-0.39, 0.29) is 6.42 Å². The lowest BCUT2D eigenvalue weighted by molar-refractivity contribution is -0.136. The maximum atomic E-state index is 10.7. The largest absolute Gasteiger partial charge is 0.481 e. The van der Waals surface area contributed by atoms with E-state index in [0.717, 1.165) is 11.1 Å². The van der Waals surface area contributed by atoms with Crippen molar-refractivity contribution in [2.24, 2.45) is 0 Å². The Kier molecular flexibility index (Phi) is 2.95. The fourth-order valence-electron chi connectivity index (χ4n) is 1.55. The van der Waals surface area contributed by atoms with Gasteiger partial charge >= 0.3 is 5.97 Å². The third kappa shape index (κ3) is 2.44. The highest BCUT2D eigenvalue weighted by Gasteiger charge is 2.06.